The average Bonchev–Trinajstić information content (AvgIpc) is 3.02. The molecule has 1 aromatic rings. The first kappa shape index (κ1) is 24.1. The number of anilines is 1. The molecule has 3 aliphatic rings. The summed E-state index contributed by atoms with van der Waals surface area (Å²) < 4.78 is 6.30. The molecule has 0 amide bonds. The zero-order chi connectivity index (χ0) is 20.8. The number of aliphatic hydroxyl groups excluding tert-OH is 1. The Bertz CT molecular complexity index is 736. The molecule has 3 fully saturated rings. The van der Waals surface area contributed by atoms with E-state index in [4.69, 9.17) is 16.3 Å². The number of aliphatic hydroxyl groups is 1. The largest absolute Gasteiger partial charge is 0.389 e. The minimum Gasteiger partial charge on any atom is -0.389 e. The van der Waals surface area contributed by atoms with Gasteiger partial charge in [0.2, 0.25) is 0 Å². The van der Waals surface area contributed by atoms with Crippen LogP contribution in [0.3, 0.4) is 0 Å². The number of piperazine rings is 1. The summed E-state index contributed by atoms with van der Waals surface area (Å²) in [6.07, 6.45) is 3.64. The van der Waals surface area contributed by atoms with Crippen molar-refractivity contribution in [3.63, 3.8) is 0 Å². The number of halogens is 2. The summed E-state index contributed by atoms with van der Waals surface area (Å²) >= 11 is 6.19. The Hall–Kier alpha value is -0.520. The van der Waals surface area contributed by atoms with Gasteiger partial charge in [0.05, 0.1) is 18.8 Å². The van der Waals surface area contributed by atoms with Gasteiger partial charge in [0.25, 0.3) is 0 Å². The van der Waals surface area contributed by atoms with E-state index in [0.29, 0.717) is 24.7 Å². The van der Waals surface area contributed by atoms with Crippen LogP contribution in [0, 0.1) is 23.7 Å². The highest BCUT2D eigenvalue weighted by Gasteiger charge is 2.61. The molecule has 0 radical (unpaired) electrons. The topological polar surface area (TPSA) is 35.9 Å². The van der Waals surface area contributed by atoms with Crippen LogP contribution in [0.4, 0.5) is 5.69 Å². The molecule has 1 heterocycles. The van der Waals surface area contributed by atoms with Crippen LogP contribution in [-0.4, -0.2) is 61.5 Å². The van der Waals surface area contributed by atoms with Gasteiger partial charge in [0, 0.05) is 43.4 Å². The number of aryl methyl sites for hydroxylation is 1. The van der Waals surface area contributed by atoms with E-state index in [-0.39, 0.29) is 17.8 Å². The molecule has 2 aliphatic carbocycles. The van der Waals surface area contributed by atoms with Crippen LogP contribution in [-0.2, 0) is 4.74 Å². The van der Waals surface area contributed by atoms with Crippen LogP contribution in [0.2, 0.25) is 5.02 Å². The van der Waals surface area contributed by atoms with Crippen molar-refractivity contribution in [2.75, 3.05) is 44.2 Å². The highest BCUT2D eigenvalue weighted by molar-refractivity contribution is 6.30. The van der Waals surface area contributed by atoms with E-state index < -0.39 is 6.10 Å². The van der Waals surface area contributed by atoms with Crippen LogP contribution < -0.4 is 4.90 Å². The summed E-state index contributed by atoms with van der Waals surface area (Å²) in [6, 6.07) is 6.10. The number of rotatable bonds is 6. The fourth-order valence-corrected chi connectivity index (χ4v) is 6.22. The van der Waals surface area contributed by atoms with Gasteiger partial charge in [-0.2, -0.15) is 0 Å². The van der Waals surface area contributed by atoms with Gasteiger partial charge >= 0.3 is 0 Å². The smallest absolute Gasteiger partial charge is 0.0900 e. The predicted molar refractivity (Wildman–Crippen MR) is 127 cm³/mol. The molecule has 1 aromatic carbocycles. The van der Waals surface area contributed by atoms with Crippen molar-refractivity contribution in [2.24, 2.45) is 16.7 Å². The molecule has 2 saturated carbocycles. The van der Waals surface area contributed by atoms with E-state index in [9.17, 15) is 5.11 Å². The number of hydrogen-bond donors (Lipinski definition) is 1. The Balaban J connectivity index is 0.00000256. The zero-order valence-corrected chi connectivity index (χ0v) is 20.4. The SMILES string of the molecule is Cc1ccc(Cl)cc1N1CCN(CC(O)COC2CC3CCC2(C)C3(C)C)CC1.Cl. The molecule has 6 heteroatoms. The van der Waals surface area contributed by atoms with Crippen molar-refractivity contribution in [2.45, 2.75) is 59.2 Å². The Labute approximate surface area is 193 Å². The third-order valence-electron chi connectivity index (χ3n) is 8.56. The lowest BCUT2D eigenvalue weighted by molar-refractivity contribution is -0.0794. The van der Waals surface area contributed by atoms with Crippen LogP contribution in [0.15, 0.2) is 18.2 Å². The number of β-amino-alcohol motifs (C(OH)–C–C–N with tert-alkyl or cyclic N) is 1. The second kappa shape index (κ2) is 9.15. The number of nitrogens with zero attached hydrogens (tertiary/aromatic N) is 2. The van der Waals surface area contributed by atoms with Gasteiger partial charge in [-0.15, -0.1) is 12.4 Å². The molecule has 1 saturated heterocycles. The van der Waals surface area contributed by atoms with Crippen molar-refractivity contribution in [3.05, 3.63) is 28.8 Å². The molecule has 1 aliphatic heterocycles. The minimum absolute atomic E-state index is 0. The van der Waals surface area contributed by atoms with Gasteiger partial charge in [-0.1, -0.05) is 38.4 Å². The lowest BCUT2D eigenvalue weighted by Gasteiger charge is -2.40. The number of hydrogen-bond acceptors (Lipinski definition) is 4. The van der Waals surface area contributed by atoms with Gasteiger partial charge in [-0.3, -0.25) is 4.90 Å². The van der Waals surface area contributed by atoms with Crippen LogP contribution >= 0.6 is 24.0 Å². The minimum atomic E-state index is -0.416. The van der Waals surface area contributed by atoms with Gasteiger partial charge in [0.1, 0.15) is 0 Å². The normalized spacial score (nSPS) is 31.6. The number of benzene rings is 1. The fraction of sp³-hybridized carbons (Fsp3) is 0.750. The third-order valence-corrected chi connectivity index (χ3v) is 8.79. The lowest BCUT2D eigenvalue weighted by atomic mass is 9.70. The predicted octanol–water partition coefficient (Wildman–Crippen LogP) is 4.78. The van der Waals surface area contributed by atoms with Crippen molar-refractivity contribution in [3.8, 4) is 0 Å². The summed E-state index contributed by atoms with van der Waals surface area (Å²) in [4.78, 5) is 4.76. The van der Waals surface area contributed by atoms with Gasteiger partial charge < -0.3 is 14.7 Å². The van der Waals surface area contributed by atoms with E-state index in [2.05, 4.69) is 49.6 Å². The molecular weight excluding hydrogens is 419 g/mol. The van der Waals surface area contributed by atoms with Crippen molar-refractivity contribution >= 4 is 29.7 Å². The van der Waals surface area contributed by atoms with E-state index >= 15 is 0 Å². The summed E-state index contributed by atoms with van der Waals surface area (Å²) in [5.74, 6) is 0.776. The maximum absolute atomic E-state index is 10.6. The number of fused-ring (bicyclic) bond motifs is 2. The maximum Gasteiger partial charge on any atom is 0.0900 e. The first-order valence-corrected chi connectivity index (χ1v) is 11.6. The Morgan fingerprint density at radius 3 is 2.50 bits per heavy atom. The maximum atomic E-state index is 10.6. The first-order chi connectivity index (χ1) is 13.7. The van der Waals surface area contributed by atoms with Crippen LogP contribution in [0.5, 0.6) is 0 Å². The Morgan fingerprint density at radius 2 is 1.90 bits per heavy atom. The van der Waals surface area contributed by atoms with E-state index in [0.717, 1.165) is 43.5 Å². The molecular formula is C24H38Cl2N2O2. The molecule has 4 unspecified atom stereocenters. The zero-order valence-electron chi connectivity index (χ0n) is 18.9. The second-order valence-corrected chi connectivity index (χ2v) is 10.7. The quantitative estimate of drug-likeness (QED) is 0.667. The molecule has 30 heavy (non-hydrogen) atoms. The molecule has 4 nitrogen and oxygen atoms in total. The number of ether oxygens (including phenoxy) is 1. The first-order valence-electron chi connectivity index (χ1n) is 11.2. The molecule has 0 spiro atoms. The summed E-state index contributed by atoms with van der Waals surface area (Å²) in [5.41, 5.74) is 3.11. The van der Waals surface area contributed by atoms with Gasteiger partial charge in [-0.25, -0.2) is 0 Å². The fourth-order valence-electron chi connectivity index (χ4n) is 6.05. The summed E-state index contributed by atoms with van der Waals surface area (Å²) in [7, 11) is 0. The molecule has 170 valence electrons. The van der Waals surface area contributed by atoms with Gasteiger partial charge in [0.15, 0.2) is 0 Å². The van der Waals surface area contributed by atoms with Gasteiger partial charge in [-0.05, 0) is 60.6 Å². The summed E-state index contributed by atoms with van der Waals surface area (Å²) in [5, 5.41) is 11.4. The van der Waals surface area contributed by atoms with Crippen molar-refractivity contribution in [1.29, 1.82) is 0 Å². The van der Waals surface area contributed by atoms with Crippen LogP contribution in [0.25, 0.3) is 0 Å². The monoisotopic (exact) mass is 456 g/mol. The molecule has 4 rings (SSSR count). The highest BCUT2D eigenvalue weighted by atomic mass is 35.5. The molecule has 4 atom stereocenters. The Kier molecular flexibility index (Phi) is 7.36. The molecule has 1 N–H and O–H groups in total. The van der Waals surface area contributed by atoms with Crippen molar-refractivity contribution in [1.82, 2.24) is 4.90 Å². The third kappa shape index (κ3) is 4.36. The van der Waals surface area contributed by atoms with Crippen molar-refractivity contribution < 1.29 is 9.84 Å². The lowest BCUT2D eigenvalue weighted by Crippen LogP contribution is -2.49. The van der Waals surface area contributed by atoms with E-state index in [1.807, 2.05) is 6.07 Å². The van der Waals surface area contributed by atoms with E-state index in [1.165, 1.54) is 24.1 Å². The second-order valence-electron chi connectivity index (χ2n) is 10.3. The standard InChI is InChI=1S/C24H37ClN2O2.ClH/c1-17-5-6-19(25)14-21(17)27-11-9-26(10-12-27)15-20(28)16-29-22-13-18-7-8-24(22,4)23(18,2)3;/h5-6,14,18,20,22,28H,7-13,15-16H2,1-4H3;1H. The molecule has 0 aromatic heterocycles. The summed E-state index contributed by atoms with van der Waals surface area (Å²) in [6.45, 7) is 14.3. The van der Waals surface area contributed by atoms with Crippen LogP contribution in [0.1, 0.15) is 45.6 Å². The molecule has 2 bridgehead atoms. The Morgan fingerprint density at radius 1 is 1.20 bits per heavy atom. The average molecular weight is 457 g/mol. The highest BCUT2D eigenvalue weighted by Crippen LogP contribution is 2.66. The van der Waals surface area contributed by atoms with E-state index in [1.54, 1.807) is 0 Å².